The Morgan fingerprint density at radius 3 is 2.43 bits per heavy atom. The van der Waals surface area contributed by atoms with Crippen molar-refractivity contribution in [2.24, 2.45) is 51.2 Å². The second kappa shape index (κ2) is 6.61. The van der Waals surface area contributed by atoms with Gasteiger partial charge in [0.15, 0.2) is 0 Å². The van der Waals surface area contributed by atoms with E-state index in [1.807, 2.05) is 0 Å². The molecule has 4 unspecified atom stereocenters. The lowest BCUT2D eigenvalue weighted by molar-refractivity contribution is -0.164. The molecule has 0 spiro atoms. The van der Waals surface area contributed by atoms with Crippen molar-refractivity contribution in [3.05, 3.63) is 11.6 Å². The smallest absolute Gasteiger partial charge is 0.310 e. The molecule has 0 bridgehead atoms. The summed E-state index contributed by atoms with van der Waals surface area (Å²) in [6.45, 7) is 12.4. The molecule has 0 heterocycles. The van der Waals surface area contributed by atoms with E-state index in [0.29, 0.717) is 5.41 Å². The SMILES string of the molecule is C[C@H]1CCC2(C)C3CC=C4C5CC(C)(C)CCC5(C(=O)O)CC[C@@]4(C)[C@@H]3CC[C@H]2C1. The number of carboxylic acid groups (broad SMARTS) is 1. The molecule has 5 aliphatic rings. The van der Waals surface area contributed by atoms with E-state index in [-0.39, 0.29) is 16.7 Å². The van der Waals surface area contributed by atoms with Crippen molar-refractivity contribution < 1.29 is 9.90 Å². The molecule has 4 fully saturated rings. The van der Waals surface area contributed by atoms with Crippen molar-refractivity contribution in [1.82, 2.24) is 0 Å². The number of aliphatic carboxylic acids is 1. The van der Waals surface area contributed by atoms with Gasteiger partial charge in [0, 0.05) is 0 Å². The Labute approximate surface area is 184 Å². The van der Waals surface area contributed by atoms with Gasteiger partial charge in [-0.3, -0.25) is 4.79 Å². The standard InChI is InChI=1S/C28H44O2/c1-18-10-11-26(4)19(16-18)6-7-21-20(26)8-9-22-23-17-25(2,3)12-14-28(23,24(29)30)15-13-27(21,22)5/h9,18-21,23H,6-8,10-17H2,1-5H3,(H,29,30)/t18-,19-,20?,21+,23?,26?,27-,28?/m0/s1. The molecule has 0 radical (unpaired) electrons. The number of fused-ring (bicyclic) bond motifs is 7. The van der Waals surface area contributed by atoms with Crippen LogP contribution in [-0.4, -0.2) is 11.1 Å². The maximum absolute atomic E-state index is 12.6. The third-order valence-corrected chi connectivity index (χ3v) is 11.6. The molecule has 5 aliphatic carbocycles. The van der Waals surface area contributed by atoms with Gasteiger partial charge < -0.3 is 5.11 Å². The van der Waals surface area contributed by atoms with Crippen LogP contribution in [0.5, 0.6) is 0 Å². The number of allylic oxidation sites excluding steroid dienone is 2. The third kappa shape index (κ3) is 2.77. The summed E-state index contributed by atoms with van der Waals surface area (Å²) in [7, 11) is 0. The molecule has 0 saturated heterocycles. The van der Waals surface area contributed by atoms with Crippen molar-refractivity contribution in [2.75, 3.05) is 0 Å². The molecule has 2 nitrogen and oxygen atoms in total. The predicted molar refractivity (Wildman–Crippen MR) is 122 cm³/mol. The summed E-state index contributed by atoms with van der Waals surface area (Å²) < 4.78 is 0. The number of carbonyl (C=O) groups is 1. The highest BCUT2D eigenvalue weighted by Gasteiger charge is 2.63. The highest BCUT2D eigenvalue weighted by atomic mass is 16.4. The largest absolute Gasteiger partial charge is 0.481 e. The van der Waals surface area contributed by atoms with Crippen LogP contribution >= 0.6 is 0 Å². The molecule has 5 rings (SSSR count). The minimum atomic E-state index is -0.509. The van der Waals surface area contributed by atoms with Crippen LogP contribution < -0.4 is 0 Å². The maximum atomic E-state index is 12.6. The molecule has 1 N–H and O–H groups in total. The first kappa shape index (κ1) is 21.1. The van der Waals surface area contributed by atoms with Crippen molar-refractivity contribution in [3.8, 4) is 0 Å². The van der Waals surface area contributed by atoms with E-state index in [1.54, 1.807) is 5.57 Å². The molecule has 2 heteroatoms. The Bertz CT molecular complexity index is 765. The van der Waals surface area contributed by atoms with Crippen molar-refractivity contribution in [2.45, 2.75) is 105 Å². The van der Waals surface area contributed by atoms with Gasteiger partial charge in [-0.25, -0.2) is 0 Å². The minimum absolute atomic E-state index is 0.233. The summed E-state index contributed by atoms with van der Waals surface area (Å²) in [5.74, 6) is 3.15. The van der Waals surface area contributed by atoms with Gasteiger partial charge in [0.1, 0.15) is 0 Å². The van der Waals surface area contributed by atoms with E-state index in [1.165, 1.54) is 38.5 Å². The lowest BCUT2D eigenvalue weighted by Crippen LogP contribution is -2.58. The van der Waals surface area contributed by atoms with Gasteiger partial charge in [0.2, 0.25) is 0 Å². The van der Waals surface area contributed by atoms with Gasteiger partial charge in [-0.15, -0.1) is 0 Å². The summed E-state index contributed by atoms with van der Waals surface area (Å²) in [6, 6.07) is 0. The van der Waals surface area contributed by atoms with Crippen molar-refractivity contribution >= 4 is 5.97 Å². The fourth-order valence-corrected chi connectivity index (χ4v) is 9.52. The average Bonchev–Trinajstić information content (AvgIpc) is 2.67. The number of hydrogen-bond donors (Lipinski definition) is 1. The van der Waals surface area contributed by atoms with Crippen LogP contribution in [0.2, 0.25) is 0 Å². The molecule has 0 aromatic rings. The highest BCUT2D eigenvalue weighted by molar-refractivity contribution is 5.76. The molecule has 168 valence electrons. The summed E-state index contributed by atoms with van der Waals surface area (Å²) in [6.07, 6.45) is 15.9. The van der Waals surface area contributed by atoms with Crippen LogP contribution in [0.1, 0.15) is 105 Å². The highest BCUT2D eigenvalue weighted by Crippen LogP contribution is 2.70. The van der Waals surface area contributed by atoms with Crippen LogP contribution in [-0.2, 0) is 4.79 Å². The van der Waals surface area contributed by atoms with Crippen molar-refractivity contribution in [1.29, 1.82) is 0 Å². The normalized spacial score (nSPS) is 52.2. The number of hydrogen-bond acceptors (Lipinski definition) is 1. The average molecular weight is 413 g/mol. The number of rotatable bonds is 1. The van der Waals surface area contributed by atoms with Gasteiger partial charge in [-0.2, -0.15) is 0 Å². The summed E-state index contributed by atoms with van der Waals surface area (Å²) >= 11 is 0. The second-order valence-corrected chi connectivity index (χ2v) is 13.6. The zero-order valence-corrected chi connectivity index (χ0v) is 20.1. The summed E-state index contributed by atoms with van der Waals surface area (Å²) in [5, 5.41) is 10.4. The molecule has 8 atom stereocenters. The van der Waals surface area contributed by atoms with Crippen LogP contribution in [0.25, 0.3) is 0 Å². The van der Waals surface area contributed by atoms with Gasteiger partial charge in [-0.1, -0.05) is 52.7 Å². The minimum Gasteiger partial charge on any atom is -0.481 e. The Balaban J connectivity index is 1.54. The Kier molecular flexibility index (Phi) is 4.64. The molecule has 0 amide bonds. The predicted octanol–water partition coefficient (Wildman–Crippen LogP) is 7.48. The van der Waals surface area contributed by atoms with Crippen LogP contribution in [0, 0.1) is 51.2 Å². The molecule has 4 saturated carbocycles. The third-order valence-electron chi connectivity index (χ3n) is 11.6. The van der Waals surface area contributed by atoms with E-state index < -0.39 is 11.4 Å². The summed E-state index contributed by atoms with van der Waals surface area (Å²) in [4.78, 5) is 12.6. The molecular formula is C28H44O2. The summed E-state index contributed by atoms with van der Waals surface area (Å²) in [5.41, 5.74) is 2.10. The molecule has 30 heavy (non-hydrogen) atoms. The second-order valence-electron chi connectivity index (χ2n) is 13.6. The van der Waals surface area contributed by atoms with Crippen molar-refractivity contribution in [3.63, 3.8) is 0 Å². The lowest BCUT2D eigenvalue weighted by atomic mass is 9.39. The molecular weight excluding hydrogens is 368 g/mol. The fraction of sp³-hybridized carbons (Fsp3) is 0.893. The van der Waals surface area contributed by atoms with Crippen LogP contribution in [0.3, 0.4) is 0 Å². The Morgan fingerprint density at radius 1 is 0.967 bits per heavy atom. The first-order valence-electron chi connectivity index (χ1n) is 13.0. The topological polar surface area (TPSA) is 37.3 Å². The first-order chi connectivity index (χ1) is 14.0. The first-order valence-corrected chi connectivity index (χ1v) is 13.0. The van der Waals surface area contributed by atoms with E-state index in [9.17, 15) is 9.90 Å². The van der Waals surface area contributed by atoms with Gasteiger partial charge in [-0.05, 0) is 110 Å². The van der Waals surface area contributed by atoms with Crippen LogP contribution in [0.4, 0.5) is 0 Å². The number of carboxylic acids is 1. The molecule has 0 aromatic carbocycles. The maximum Gasteiger partial charge on any atom is 0.310 e. The van der Waals surface area contributed by atoms with Crippen LogP contribution in [0.15, 0.2) is 11.6 Å². The quantitative estimate of drug-likeness (QED) is 0.453. The molecule has 0 aromatic heterocycles. The molecule has 0 aliphatic heterocycles. The van der Waals surface area contributed by atoms with E-state index >= 15 is 0 Å². The van der Waals surface area contributed by atoms with E-state index in [2.05, 4.69) is 40.7 Å². The lowest BCUT2D eigenvalue weighted by Gasteiger charge is -2.65. The zero-order chi connectivity index (χ0) is 21.5. The Morgan fingerprint density at radius 2 is 1.70 bits per heavy atom. The van der Waals surface area contributed by atoms with E-state index in [4.69, 9.17) is 0 Å². The van der Waals surface area contributed by atoms with Gasteiger partial charge >= 0.3 is 5.97 Å². The fourth-order valence-electron chi connectivity index (χ4n) is 9.52. The van der Waals surface area contributed by atoms with E-state index in [0.717, 1.165) is 55.8 Å². The Hall–Kier alpha value is -0.790. The van der Waals surface area contributed by atoms with Gasteiger partial charge in [0.05, 0.1) is 5.41 Å². The van der Waals surface area contributed by atoms with Gasteiger partial charge in [0.25, 0.3) is 0 Å². The zero-order valence-electron chi connectivity index (χ0n) is 20.1. The monoisotopic (exact) mass is 412 g/mol.